The number of nitrogens with zero attached hydrogens (tertiary/aromatic N) is 2. The Morgan fingerprint density at radius 1 is 1.19 bits per heavy atom. The number of aromatic nitrogens is 2. The fourth-order valence-corrected chi connectivity index (χ4v) is 2.43. The lowest BCUT2D eigenvalue weighted by molar-refractivity contribution is 0.454. The molecule has 0 aliphatic carbocycles. The van der Waals surface area contributed by atoms with Crippen LogP contribution in [0.2, 0.25) is 0 Å². The van der Waals surface area contributed by atoms with E-state index in [0.29, 0.717) is 6.54 Å². The highest BCUT2D eigenvalue weighted by Crippen LogP contribution is 2.18. The minimum Gasteiger partial charge on any atom is -0.308 e. The summed E-state index contributed by atoms with van der Waals surface area (Å²) < 4.78 is 3.37. The largest absolute Gasteiger partial charge is 0.327 e. The fourth-order valence-electron chi connectivity index (χ4n) is 2.43. The molecule has 0 spiro atoms. The van der Waals surface area contributed by atoms with Gasteiger partial charge < -0.3 is 9.88 Å². The second-order valence-electron chi connectivity index (χ2n) is 5.69. The zero-order valence-corrected chi connectivity index (χ0v) is 13.4. The molecular weight excluding hydrogens is 262 g/mol. The Balaban J connectivity index is 2.27. The van der Waals surface area contributed by atoms with Crippen molar-refractivity contribution in [2.24, 2.45) is 7.05 Å². The van der Waals surface area contributed by atoms with E-state index in [-0.39, 0.29) is 11.7 Å². The molecular formula is C17H25N3O. The van der Waals surface area contributed by atoms with Gasteiger partial charge in [0.25, 0.3) is 0 Å². The normalized spacial score (nSPS) is 12.6. The molecule has 21 heavy (non-hydrogen) atoms. The van der Waals surface area contributed by atoms with Gasteiger partial charge in [0.05, 0.1) is 6.04 Å². The van der Waals surface area contributed by atoms with E-state index < -0.39 is 0 Å². The molecule has 0 saturated heterocycles. The second-order valence-corrected chi connectivity index (χ2v) is 5.69. The van der Waals surface area contributed by atoms with Gasteiger partial charge in [-0.2, -0.15) is 0 Å². The van der Waals surface area contributed by atoms with Gasteiger partial charge in [0.15, 0.2) is 0 Å². The van der Waals surface area contributed by atoms with Crippen LogP contribution >= 0.6 is 0 Å². The van der Waals surface area contributed by atoms with Crippen molar-refractivity contribution in [1.29, 1.82) is 0 Å². The minimum absolute atomic E-state index is 0.0298. The van der Waals surface area contributed by atoms with E-state index in [0.717, 1.165) is 13.0 Å². The van der Waals surface area contributed by atoms with Gasteiger partial charge in [-0.1, -0.05) is 25.1 Å². The average Bonchev–Trinajstić information content (AvgIpc) is 2.78. The fraction of sp³-hybridized carbons (Fsp3) is 0.471. The van der Waals surface area contributed by atoms with Gasteiger partial charge in [0, 0.05) is 26.0 Å². The van der Waals surface area contributed by atoms with Crippen molar-refractivity contribution in [1.82, 2.24) is 14.5 Å². The SMILES string of the molecule is CCCNC(Cn1ccn(C)c1=O)c1ccc(C)c(C)c1. The average molecular weight is 287 g/mol. The molecule has 0 saturated carbocycles. The smallest absolute Gasteiger partial charge is 0.308 e. The maximum Gasteiger partial charge on any atom is 0.327 e. The number of rotatable bonds is 6. The van der Waals surface area contributed by atoms with Gasteiger partial charge in [-0.05, 0) is 43.5 Å². The first-order valence-corrected chi connectivity index (χ1v) is 7.55. The molecule has 114 valence electrons. The topological polar surface area (TPSA) is 39.0 Å². The molecule has 2 aromatic rings. The molecule has 1 heterocycles. The predicted octanol–water partition coefficient (Wildman–Crippen LogP) is 2.54. The van der Waals surface area contributed by atoms with Crippen LogP contribution in [0.5, 0.6) is 0 Å². The molecule has 2 rings (SSSR count). The van der Waals surface area contributed by atoms with Crippen LogP contribution in [-0.4, -0.2) is 15.7 Å². The molecule has 0 fully saturated rings. The van der Waals surface area contributed by atoms with Gasteiger partial charge in [-0.25, -0.2) is 4.79 Å². The number of benzene rings is 1. The highest BCUT2D eigenvalue weighted by molar-refractivity contribution is 5.31. The van der Waals surface area contributed by atoms with Crippen LogP contribution in [0.15, 0.2) is 35.4 Å². The highest BCUT2D eigenvalue weighted by atomic mass is 16.1. The first-order valence-electron chi connectivity index (χ1n) is 7.55. The molecule has 1 atom stereocenters. The van der Waals surface area contributed by atoms with Crippen LogP contribution in [-0.2, 0) is 13.6 Å². The molecule has 0 bridgehead atoms. The second kappa shape index (κ2) is 6.76. The Kier molecular flexibility index (Phi) is 5.02. The van der Waals surface area contributed by atoms with Gasteiger partial charge in [0.2, 0.25) is 0 Å². The molecule has 0 aliphatic heterocycles. The van der Waals surface area contributed by atoms with Gasteiger partial charge in [0.1, 0.15) is 0 Å². The lowest BCUT2D eigenvalue weighted by atomic mass is 10.0. The zero-order valence-electron chi connectivity index (χ0n) is 13.4. The van der Waals surface area contributed by atoms with Crippen molar-refractivity contribution in [3.8, 4) is 0 Å². The highest BCUT2D eigenvalue weighted by Gasteiger charge is 2.13. The lowest BCUT2D eigenvalue weighted by Gasteiger charge is -2.20. The van der Waals surface area contributed by atoms with E-state index >= 15 is 0 Å². The third-order valence-electron chi connectivity index (χ3n) is 3.97. The molecule has 0 amide bonds. The van der Waals surface area contributed by atoms with E-state index in [2.05, 4.69) is 44.3 Å². The van der Waals surface area contributed by atoms with Gasteiger partial charge in [-0.15, -0.1) is 0 Å². The summed E-state index contributed by atoms with van der Waals surface area (Å²) >= 11 is 0. The summed E-state index contributed by atoms with van der Waals surface area (Å²) in [6.07, 6.45) is 4.73. The summed E-state index contributed by atoms with van der Waals surface area (Å²) in [5.41, 5.74) is 3.85. The number of imidazole rings is 1. The number of hydrogen-bond donors (Lipinski definition) is 1. The van der Waals surface area contributed by atoms with Gasteiger partial charge >= 0.3 is 5.69 Å². The quantitative estimate of drug-likeness (QED) is 0.887. The molecule has 1 N–H and O–H groups in total. The molecule has 1 unspecified atom stereocenters. The summed E-state index contributed by atoms with van der Waals surface area (Å²) in [6, 6.07) is 6.68. The van der Waals surface area contributed by atoms with E-state index in [1.807, 2.05) is 6.20 Å². The number of hydrogen-bond acceptors (Lipinski definition) is 2. The summed E-state index contributed by atoms with van der Waals surface area (Å²) in [7, 11) is 1.78. The van der Waals surface area contributed by atoms with Crippen molar-refractivity contribution < 1.29 is 0 Å². The maximum atomic E-state index is 12.0. The zero-order chi connectivity index (χ0) is 15.4. The van der Waals surface area contributed by atoms with E-state index in [9.17, 15) is 4.79 Å². The Labute approximate surface area is 126 Å². The van der Waals surface area contributed by atoms with Crippen LogP contribution in [0, 0.1) is 13.8 Å². The Morgan fingerprint density at radius 2 is 1.95 bits per heavy atom. The van der Waals surface area contributed by atoms with Crippen LogP contribution in [0.1, 0.15) is 36.1 Å². The summed E-state index contributed by atoms with van der Waals surface area (Å²) in [4.78, 5) is 12.0. The summed E-state index contributed by atoms with van der Waals surface area (Å²) in [6.45, 7) is 8.00. The maximum absolute atomic E-state index is 12.0. The van der Waals surface area contributed by atoms with Crippen LogP contribution in [0.25, 0.3) is 0 Å². The first-order chi connectivity index (χ1) is 10.0. The van der Waals surface area contributed by atoms with E-state index in [1.54, 1.807) is 22.4 Å². The Morgan fingerprint density at radius 3 is 2.52 bits per heavy atom. The molecule has 4 heteroatoms. The predicted molar refractivity (Wildman–Crippen MR) is 86.6 cm³/mol. The van der Waals surface area contributed by atoms with Crippen LogP contribution in [0.4, 0.5) is 0 Å². The third kappa shape index (κ3) is 3.64. The van der Waals surface area contributed by atoms with Crippen molar-refractivity contribution in [2.75, 3.05) is 6.54 Å². The van der Waals surface area contributed by atoms with Crippen molar-refractivity contribution in [2.45, 2.75) is 39.8 Å². The summed E-state index contributed by atoms with van der Waals surface area (Å²) in [5.74, 6) is 0. The molecule has 4 nitrogen and oxygen atoms in total. The van der Waals surface area contributed by atoms with Crippen molar-refractivity contribution >= 4 is 0 Å². The monoisotopic (exact) mass is 287 g/mol. The minimum atomic E-state index is 0.0298. The van der Waals surface area contributed by atoms with Crippen LogP contribution < -0.4 is 11.0 Å². The van der Waals surface area contributed by atoms with Gasteiger partial charge in [-0.3, -0.25) is 4.57 Å². The van der Waals surface area contributed by atoms with E-state index in [4.69, 9.17) is 0 Å². The molecule has 1 aromatic heterocycles. The third-order valence-corrected chi connectivity index (χ3v) is 3.97. The first kappa shape index (κ1) is 15.6. The molecule has 0 aliphatic rings. The lowest BCUT2D eigenvalue weighted by Crippen LogP contribution is -2.31. The summed E-state index contributed by atoms with van der Waals surface area (Å²) in [5, 5.41) is 3.55. The van der Waals surface area contributed by atoms with Crippen LogP contribution in [0.3, 0.4) is 0 Å². The standard InChI is InChI=1S/C17H25N3O/c1-5-8-18-16(12-20-10-9-19(4)17(20)21)15-7-6-13(2)14(3)11-15/h6-7,9-11,16,18H,5,8,12H2,1-4H3. The Bertz CT molecular complexity index is 654. The number of nitrogens with one attached hydrogen (secondary N) is 1. The molecule has 1 aromatic carbocycles. The molecule has 0 radical (unpaired) electrons. The number of aryl methyl sites for hydroxylation is 3. The van der Waals surface area contributed by atoms with E-state index in [1.165, 1.54) is 16.7 Å². The van der Waals surface area contributed by atoms with Crippen molar-refractivity contribution in [3.63, 3.8) is 0 Å². The van der Waals surface area contributed by atoms with Crippen molar-refractivity contribution in [3.05, 3.63) is 57.8 Å². The Hall–Kier alpha value is -1.81.